The Bertz CT molecular complexity index is 316. The van der Waals surface area contributed by atoms with Gasteiger partial charge in [0.05, 0.1) is 8.96 Å². The Morgan fingerprint density at radius 1 is 1.29 bits per heavy atom. The van der Waals surface area contributed by atoms with Crippen LogP contribution in [0.15, 0.2) is 30.3 Å². The van der Waals surface area contributed by atoms with Crippen LogP contribution in [0.2, 0.25) is 0 Å². The highest BCUT2D eigenvalue weighted by molar-refractivity contribution is 7.29. The second-order valence-electron chi connectivity index (χ2n) is 3.94. The Balaban J connectivity index is 1.86. The van der Waals surface area contributed by atoms with Crippen molar-refractivity contribution in [3.05, 3.63) is 35.9 Å². The van der Waals surface area contributed by atoms with Crippen molar-refractivity contribution in [2.45, 2.75) is 25.0 Å². The van der Waals surface area contributed by atoms with E-state index < -0.39 is 0 Å². The molecule has 3 rings (SSSR count). The van der Waals surface area contributed by atoms with E-state index in [1.807, 2.05) is 0 Å². The molecule has 3 unspecified atom stereocenters. The van der Waals surface area contributed by atoms with E-state index >= 15 is 0 Å². The van der Waals surface area contributed by atoms with Crippen LogP contribution >= 0.6 is 8.96 Å². The third-order valence-electron chi connectivity index (χ3n) is 3.07. The summed E-state index contributed by atoms with van der Waals surface area (Å²) >= 11 is 0. The predicted molar refractivity (Wildman–Crippen MR) is 58.3 cm³/mol. The summed E-state index contributed by atoms with van der Waals surface area (Å²) in [6.07, 6.45) is 2.97. The molecule has 0 aromatic heterocycles. The molecule has 0 bridgehead atoms. The first-order valence-electron chi connectivity index (χ1n) is 5.18. The van der Waals surface area contributed by atoms with Gasteiger partial charge in [0.1, 0.15) is 6.10 Å². The van der Waals surface area contributed by atoms with E-state index in [4.69, 9.17) is 4.52 Å². The standard InChI is InChI=1S/C11H14NOP/c1-2-5-9(6-3-1)11-10-7-4-8-12(10)14-13-11/h1-3,5-6,10-11,14H,4,7-8H2. The summed E-state index contributed by atoms with van der Waals surface area (Å²) in [6.45, 7) is 1.23. The van der Waals surface area contributed by atoms with Crippen LogP contribution in [0.4, 0.5) is 0 Å². The lowest BCUT2D eigenvalue weighted by Crippen LogP contribution is -2.21. The highest BCUT2D eigenvalue weighted by Gasteiger charge is 2.39. The number of hydrogen-bond acceptors (Lipinski definition) is 2. The van der Waals surface area contributed by atoms with Gasteiger partial charge in [-0.25, -0.2) is 0 Å². The van der Waals surface area contributed by atoms with Crippen molar-refractivity contribution in [2.75, 3.05) is 6.54 Å². The first-order valence-corrected chi connectivity index (χ1v) is 6.03. The van der Waals surface area contributed by atoms with Gasteiger partial charge in [-0.2, -0.15) is 0 Å². The molecular weight excluding hydrogens is 193 g/mol. The number of benzene rings is 1. The van der Waals surface area contributed by atoms with Gasteiger partial charge in [-0.15, -0.1) is 0 Å². The highest BCUT2D eigenvalue weighted by Crippen LogP contribution is 2.48. The molecule has 74 valence electrons. The van der Waals surface area contributed by atoms with Gasteiger partial charge < -0.3 is 4.52 Å². The molecule has 0 radical (unpaired) electrons. The monoisotopic (exact) mass is 207 g/mol. The molecule has 0 spiro atoms. The van der Waals surface area contributed by atoms with Crippen molar-refractivity contribution >= 4 is 8.96 Å². The lowest BCUT2D eigenvalue weighted by molar-refractivity contribution is 0.216. The second-order valence-corrected chi connectivity index (χ2v) is 4.94. The van der Waals surface area contributed by atoms with Crippen LogP contribution in [0.5, 0.6) is 0 Å². The normalized spacial score (nSPS) is 33.7. The van der Waals surface area contributed by atoms with Gasteiger partial charge in [0, 0.05) is 12.6 Å². The zero-order valence-corrected chi connectivity index (χ0v) is 9.02. The van der Waals surface area contributed by atoms with Gasteiger partial charge in [0.2, 0.25) is 0 Å². The Morgan fingerprint density at radius 3 is 3.00 bits per heavy atom. The molecule has 1 aromatic rings. The average Bonchev–Trinajstić information content (AvgIpc) is 2.79. The molecule has 0 aliphatic carbocycles. The number of nitrogens with zero attached hydrogens (tertiary/aromatic N) is 1. The molecule has 3 heteroatoms. The van der Waals surface area contributed by atoms with Gasteiger partial charge >= 0.3 is 0 Å². The van der Waals surface area contributed by atoms with Crippen LogP contribution in [-0.4, -0.2) is 17.3 Å². The fourth-order valence-corrected chi connectivity index (χ4v) is 3.55. The average molecular weight is 207 g/mol. The molecule has 1 aromatic carbocycles. The maximum atomic E-state index is 5.86. The molecule has 2 aliphatic heterocycles. The summed E-state index contributed by atoms with van der Waals surface area (Å²) in [7, 11) is 0.582. The number of fused-ring (bicyclic) bond motifs is 1. The van der Waals surface area contributed by atoms with E-state index in [9.17, 15) is 0 Å². The van der Waals surface area contributed by atoms with Crippen LogP contribution in [0.1, 0.15) is 24.5 Å². The smallest absolute Gasteiger partial charge is 0.104 e. The summed E-state index contributed by atoms with van der Waals surface area (Å²) in [5.74, 6) is 0. The van der Waals surface area contributed by atoms with Crippen molar-refractivity contribution in [3.63, 3.8) is 0 Å². The number of hydrogen-bond donors (Lipinski definition) is 0. The van der Waals surface area contributed by atoms with E-state index in [1.54, 1.807) is 0 Å². The lowest BCUT2D eigenvalue weighted by atomic mass is 10.0. The van der Waals surface area contributed by atoms with E-state index in [0.717, 1.165) is 0 Å². The zero-order chi connectivity index (χ0) is 9.38. The lowest BCUT2D eigenvalue weighted by Gasteiger charge is -2.17. The maximum absolute atomic E-state index is 5.86. The molecule has 2 heterocycles. The van der Waals surface area contributed by atoms with Crippen molar-refractivity contribution < 1.29 is 4.52 Å². The van der Waals surface area contributed by atoms with Gasteiger partial charge in [-0.1, -0.05) is 30.3 Å². The zero-order valence-electron chi connectivity index (χ0n) is 8.02. The summed E-state index contributed by atoms with van der Waals surface area (Å²) in [4.78, 5) is 0. The molecule has 2 fully saturated rings. The quantitative estimate of drug-likeness (QED) is 0.656. The Kier molecular flexibility index (Phi) is 2.28. The van der Waals surface area contributed by atoms with E-state index in [2.05, 4.69) is 35.0 Å². The van der Waals surface area contributed by atoms with Crippen LogP contribution in [-0.2, 0) is 4.52 Å². The van der Waals surface area contributed by atoms with Crippen LogP contribution in [0, 0.1) is 0 Å². The van der Waals surface area contributed by atoms with Crippen LogP contribution in [0.3, 0.4) is 0 Å². The van der Waals surface area contributed by atoms with E-state index in [-0.39, 0.29) is 0 Å². The van der Waals surface area contributed by atoms with Crippen molar-refractivity contribution in [2.24, 2.45) is 0 Å². The molecular formula is C11H14NOP. The minimum Gasteiger partial charge on any atom is -0.337 e. The molecule has 2 nitrogen and oxygen atoms in total. The molecule has 3 atom stereocenters. The van der Waals surface area contributed by atoms with Crippen LogP contribution in [0.25, 0.3) is 0 Å². The Morgan fingerprint density at radius 2 is 2.14 bits per heavy atom. The van der Waals surface area contributed by atoms with Crippen LogP contribution < -0.4 is 0 Å². The maximum Gasteiger partial charge on any atom is 0.104 e. The largest absolute Gasteiger partial charge is 0.337 e. The topological polar surface area (TPSA) is 12.5 Å². The second kappa shape index (κ2) is 3.62. The number of rotatable bonds is 1. The fraction of sp³-hybridized carbons (Fsp3) is 0.455. The van der Waals surface area contributed by atoms with E-state index in [0.29, 0.717) is 21.1 Å². The van der Waals surface area contributed by atoms with Gasteiger partial charge in [-0.3, -0.25) is 4.67 Å². The first kappa shape index (κ1) is 8.84. The molecule has 2 saturated heterocycles. The summed E-state index contributed by atoms with van der Waals surface area (Å²) in [5, 5.41) is 0. The summed E-state index contributed by atoms with van der Waals surface area (Å²) in [5.41, 5.74) is 1.34. The summed E-state index contributed by atoms with van der Waals surface area (Å²) < 4.78 is 8.34. The van der Waals surface area contributed by atoms with Gasteiger partial charge in [-0.05, 0) is 18.4 Å². The fourth-order valence-electron chi connectivity index (χ4n) is 2.36. The molecule has 0 N–H and O–H groups in total. The van der Waals surface area contributed by atoms with Gasteiger partial charge in [0.25, 0.3) is 0 Å². The van der Waals surface area contributed by atoms with E-state index in [1.165, 1.54) is 24.9 Å². The molecule has 2 aliphatic rings. The Labute approximate surface area is 86.2 Å². The Hall–Kier alpha value is -0.430. The summed E-state index contributed by atoms with van der Waals surface area (Å²) in [6, 6.07) is 11.3. The first-order chi connectivity index (χ1) is 6.95. The minimum atomic E-state index is 0.331. The molecule has 0 saturated carbocycles. The highest BCUT2D eigenvalue weighted by atomic mass is 31.1. The molecule has 0 amide bonds. The van der Waals surface area contributed by atoms with Gasteiger partial charge in [0.15, 0.2) is 0 Å². The van der Waals surface area contributed by atoms with Crippen molar-refractivity contribution in [3.8, 4) is 0 Å². The van der Waals surface area contributed by atoms with Crippen molar-refractivity contribution in [1.82, 2.24) is 4.67 Å². The molecule has 14 heavy (non-hydrogen) atoms. The van der Waals surface area contributed by atoms with Crippen molar-refractivity contribution in [1.29, 1.82) is 0 Å². The predicted octanol–water partition coefficient (Wildman–Crippen LogP) is 2.73. The SMILES string of the molecule is c1ccc(C2OPN3CCCC23)cc1. The third kappa shape index (κ3) is 1.38. The third-order valence-corrected chi connectivity index (χ3v) is 4.22. The minimum absolute atomic E-state index is 0.331.